The molecule has 8 nitrogen and oxygen atoms in total. The lowest BCUT2D eigenvalue weighted by molar-refractivity contribution is -0.116. The summed E-state index contributed by atoms with van der Waals surface area (Å²) in [5, 5.41) is 16.6. The summed E-state index contributed by atoms with van der Waals surface area (Å²) in [5.41, 5.74) is 2.28. The zero-order valence-electron chi connectivity index (χ0n) is 19.7. The molecule has 1 amide bonds. The van der Waals surface area contributed by atoms with Crippen LogP contribution in [0.4, 0.5) is 0 Å². The molecule has 9 heteroatoms. The monoisotopic (exact) mass is 489 g/mol. The number of rotatable bonds is 6. The molecule has 3 aromatic rings. The lowest BCUT2D eigenvalue weighted by Crippen LogP contribution is -2.37. The lowest BCUT2D eigenvalue weighted by Gasteiger charge is -2.29. The number of carbonyl (C=O) groups excluding carboxylic acids is 1. The number of likely N-dealkylation sites (N-methyl/N-ethyl adjacent to an activating group) is 1. The first-order valence-corrected chi connectivity index (χ1v) is 12.9. The second-order valence-corrected chi connectivity index (χ2v) is 10.5. The second-order valence-electron chi connectivity index (χ2n) is 8.58. The molecule has 1 aliphatic rings. The Balaban J connectivity index is 1.80. The van der Waals surface area contributed by atoms with Crippen molar-refractivity contribution in [3.05, 3.63) is 71.9 Å². The minimum atomic E-state index is -3.65. The molecule has 0 spiro atoms. The first-order valence-electron chi connectivity index (χ1n) is 11.4. The zero-order chi connectivity index (χ0) is 25.0. The fraction of sp³-hybridized carbons (Fsp3) is 0.269. The van der Waals surface area contributed by atoms with Gasteiger partial charge in [-0.05, 0) is 49.1 Å². The summed E-state index contributed by atoms with van der Waals surface area (Å²) in [6, 6.07) is 18.0. The lowest BCUT2D eigenvalue weighted by atomic mass is 10.0. The number of nitriles is 1. The number of amides is 1. The Morgan fingerprint density at radius 1 is 1.14 bits per heavy atom. The highest BCUT2D eigenvalue weighted by Crippen LogP contribution is 2.30. The molecule has 180 valence electrons. The predicted molar refractivity (Wildman–Crippen MR) is 134 cm³/mol. The quantitative estimate of drug-likeness (QED) is 0.420. The van der Waals surface area contributed by atoms with Crippen LogP contribution in [0.5, 0.6) is 0 Å². The molecule has 1 fully saturated rings. The van der Waals surface area contributed by atoms with Crippen LogP contribution in [-0.2, 0) is 14.8 Å². The van der Waals surface area contributed by atoms with Crippen molar-refractivity contribution >= 4 is 22.0 Å². The van der Waals surface area contributed by atoms with E-state index in [2.05, 4.69) is 12.2 Å². The second kappa shape index (κ2) is 10.3. The van der Waals surface area contributed by atoms with E-state index in [4.69, 9.17) is 5.10 Å². The molecule has 1 saturated heterocycles. The number of hydrogen-bond acceptors (Lipinski definition) is 5. The minimum absolute atomic E-state index is 0.0763. The van der Waals surface area contributed by atoms with Crippen molar-refractivity contribution in [3.63, 3.8) is 0 Å². The first kappa shape index (κ1) is 24.4. The summed E-state index contributed by atoms with van der Waals surface area (Å²) in [6.45, 7) is 3.14. The molecule has 0 unspecified atom stereocenters. The molecule has 0 bridgehead atoms. The van der Waals surface area contributed by atoms with Crippen LogP contribution in [-0.4, -0.2) is 48.5 Å². The third-order valence-electron chi connectivity index (χ3n) is 6.14. The maximum atomic E-state index is 13.3. The Kier molecular flexibility index (Phi) is 7.15. The largest absolute Gasteiger partial charge is 0.354 e. The van der Waals surface area contributed by atoms with Crippen LogP contribution in [0.2, 0.25) is 0 Å². The fourth-order valence-corrected chi connectivity index (χ4v) is 5.56. The van der Waals surface area contributed by atoms with E-state index >= 15 is 0 Å². The predicted octanol–water partition coefficient (Wildman–Crippen LogP) is 3.61. The highest BCUT2D eigenvalue weighted by Gasteiger charge is 2.28. The van der Waals surface area contributed by atoms with E-state index in [1.807, 2.05) is 36.4 Å². The zero-order valence-corrected chi connectivity index (χ0v) is 20.5. The SMILES string of the molecule is CNC(=O)/C(C#N)=C\c1cn(-c2ccccc2)nc1-c1cccc(S(=O)(=O)N2CCC(C)CC2)c1. The topological polar surface area (TPSA) is 108 Å². The normalized spacial score (nSPS) is 15.5. The van der Waals surface area contributed by atoms with Gasteiger partial charge in [0.05, 0.1) is 10.6 Å². The summed E-state index contributed by atoms with van der Waals surface area (Å²) in [5.74, 6) is 0.000276. The number of sulfonamides is 1. The molecule has 35 heavy (non-hydrogen) atoms. The average molecular weight is 490 g/mol. The fourth-order valence-electron chi connectivity index (χ4n) is 4.05. The molecule has 0 radical (unpaired) electrons. The maximum absolute atomic E-state index is 13.3. The molecule has 0 aliphatic carbocycles. The van der Waals surface area contributed by atoms with Gasteiger partial charge in [0.15, 0.2) is 0 Å². The number of hydrogen-bond donors (Lipinski definition) is 1. The molecule has 2 heterocycles. The molecule has 0 saturated carbocycles. The Bertz CT molecular complexity index is 1400. The van der Waals surface area contributed by atoms with Crippen LogP contribution < -0.4 is 5.32 Å². The van der Waals surface area contributed by atoms with Gasteiger partial charge in [-0.3, -0.25) is 4.79 Å². The summed E-state index contributed by atoms with van der Waals surface area (Å²) in [7, 11) is -2.20. The Morgan fingerprint density at radius 2 is 1.86 bits per heavy atom. The number of piperidine rings is 1. The summed E-state index contributed by atoms with van der Waals surface area (Å²) in [4.78, 5) is 12.3. The van der Waals surface area contributed by atoms with E-state index in [0.717, 1.165) is 18.5 Å². The Hall–Kier alpha value is -3.74. The number of aromatic nitrogens is 2. The molecule has 1 N–H and O–H groups in total. The van der Waals surface area contributed by atoms with Crippen molar-refractivity contribution in [1.29, 1.82) is 5.26 Å². The van der Waals surface area contributed by atoms with E-state index in [1.54, 1.807) is 35.1 Å². The highest BCUT2D eigenvalue weighted by molar-refractivity contribution is 7.89. The number of benzene rings is 2. The first-order chi connectivity index (χ1) is 16.8. The van der Waals surface area contributed by atoms with Crippen LogP contribution in [0.25, 0.3) is 23.0 Å². The van der Waals surface area contributed by atoms with Crippen LogP contribution in [0.3, 0.4) is 0 Å². The molecule has 2 aromatic carbocycles. The summed E-state index contributed by atoms with van der Waals surface area (Å²) in [6.07, 6.45) is 4.86. The van der Waals surface area contributed by atoms with E-state index in [0.29, 0.717) is 35.8 Å². The van der Waals surface area contributed by atoms with E-state index < -0.39 is 15.9 Å². The van der Waals surface area contributed by atoms with Crippen LogP contribution >= 0.6 is 0 Å². The molecule has 4 rings (SSSR count). The molecule has 1 aliphatic heterocycles. The van der Waals surface area contributed by atoms with Crippen LogP contribution in [0, 0.1) is 17.2 Å². The van der Waals surface area contributed by atoms with Gasteiger partial charge in [-0.25, -0.2) is 13.1 Å². The Morgan fingerprint density at radius 3 is 2.51 bits per heavy atom. The van der Waals surface area contributed by atoms with Gasteiger partial charge in [0.1, 0.15) is 17.3 Å². The Labute approximate surface area is 205 Å². The number of nitrogens with zero attached hydrogens (tertiary/aromatic N) is 4. The van der Waals surface area contributed by atoms with Gasteiger partial charge in [-0.1, -0.05) is 37.3 Å². The average Bonchev–Trinajstić information content (AvgIpc) is 3.31. The van der Waals surface area contributed by atoms with Gasteiger partial charge >= 0.3 is 0 Å². The standard InChI is InChI=1S/C26H27N5O3S/c1-19-11-13-30(14-12-19)35(33,34)24-10-6-7-20(16-24)25-22(15-21(17-27)26(32)28-2)18-31(29-25)23-8-4-3-5-9-23/h3-10,15-16,18-19H,11-14H2,1-2H3,(H,28,32)/b21-15-. The van der Waals surface area contributed by atoms with Gasteiger partial charge < -0.3 is 5.32 Å². The molecule has 0 atom stereocenters. The van der Waals surface area contributed by atoms with Crippen molar-refractivity contribution in [2.24, 2.45) is 5.92 Å². The number of para-hydroxylation sites is 1. The highest BCUT2D eigenvalue weighted by atomic mass is 32.2. The van der Waals surface area contributed by atoms with Crippen molar-refractivity contribution in [1.82, 2.24) is 19.4 Å². The third kappa shape index (κ3) is 5.19. The smallest absolute Gasteiger partial charge is 0.261 e. The van der Waals surface area contributed by atoms with Gasteiger partial charge in [0.25, 0.3) is 5.91 Å². The summed E-state index contributed by atoms with van der Waals surface area (Å²) >= 11 is 0. The van der Waals surface area contributed by atoms with E-state index in [1.165, 1.54) is 17.4 Å². The van der Waals surface area contributed by atoms with Gasteiger partial charge in [-0.2, -0.15) is 14.7 Å². The molecule has 1 aromatic heterocycles. The van der Waals surface area contributed by atoms with Gasteiger partial charge in [0.2, 0.25) is 10.0 Å². The maximum Gasteiger partial charge on any atom is 0.261 e. The molecular formula is C26H27N5O3S. The van der Waals surface area contributed by atoms with E-state index in [9.17, 15) is 18.5 Å². The third-order valence-corrected chi connectivity index (χ3v) is 8.04. The van der Waals surface area contributed by atoms with Crippen LogP contribution in [0.1, 0.15) is 25.3 Å². The minimum Gasteiger partial charge on any atom is -0.354 e. The van der Waals surface area contributed by atoms with E-state index in [-0.39, 0.29) is 10.5 Å². The van der Waals surface area contributed by atoms with Crippen molar-refractivity contribution in [3.8, 4) is 23.0 Å². The van der Waals surface area contributed by atoms with Gasteiger partial charge in [-0.15, -0.1) is 0 Å². The van der Waals surface area contributed by atoms with Crippen molar-refractivity contribution in [2.75, 3.05) is 20.1 Å². The van der Waals surface area contributed by atoms with Crippen LogP contribution in [0.15, 0.2) is 71.3 Å². The summed E-state index contributed by atoms with van der Waals surface area (Å²) < 4.78 is 29.9. The van der Waals surface area contributed by atoms with Crippen molar-refractivity contribution < 1.29 is 13.2 Å². The number of carbonyl (C=O) groups is 1. The number of nitrogens with one attached hydrogen (secondary N) is 1. The van der Waals surface area contributed by atoms with Crippen molar-refractivity contribution in [2.45, 2.75) is 24.7 Å². The van der Waals surface area contributed by atoms with Gasteiger partial charge in [0, 0.05) is 37.5 Å². The molecular weight excluding hydrogens is 462 g/mol.